The van der Waals surface area contributed by atoms with E-state index in [1.54, 1.807) is 24.5 Å². The van der Waals surface area contributed by atoms with Crippen LogP contribution in [0.3, 0.4) is 0 Å². The third-order valence-corrected chi connectivity index (χ3v) is 12.8. The summed E-state index contributed by atoms with van der Waals surface area (Å²) in [6.07, 6.45) is 16.6. The Kier molecular flexibility index (Phi) is 11.6. The Balaban J connectivity index is 1.38. The predicted molar refractivity (Wildman–Crippen MR) is 205 cm³/mol. The van der Waals surface area contributed by atoms with Crippen molar-refractivity contribution >= 4 is 46.1 Å². The molecule has 5 nitrogen and oxygen atoms in total. The molecule has 3 heterocycles. The number of ether oxygens (including phenoxy) is 1. The number of carbonyl (C=O) groups is 1. The molecular formula is C42H48N2O3S2. The van der Waals surface area contributed by atoms with E-state index in [1.165, 1.54) is 94.1 Å². The summed E-state index contributed by atoms with van der Waals surface area (Å²) in [5.74, 6) is 0.247. The zero-order chi connectivity index (χ0) is 34.3. The van der Waals surface area contributed by atoms with Gasteiger partial charge in [-0.25, -0.2) is 4.79 Å². The zero-order valence-corrected chi connectivity index (χ0v) is 30.7. The van der Waals surface area contributed by atoms with Crippen LogP contribution < -0.4 is 9.64 Å². The molecule has 256 valence electrons. The van der Waals surface area contributed by atoms with Crippen LogP contribution in [-0.2, 0) is 17.6 Å². The van der Waals surface area contributed by atoms with Crippen molar-refractivity contribution in [1.29, 1.82) is 5.26 Å². The molecule has 2 aromatic heterocycles. The van der Waals surface area contributed by atoms with E-state index >= 15 is 0 Å². The highest BCUT2D eigenvalue weighted by atomic mass is 32.1. The Morgan fingerprint density at radius 1 is 0.918 bits per heavy atom. The summed E-state index contributed by atoms with van der Waals surface area (Å²) in [6, 6.07) is 22.7. The van der Waals surface area contributed by atoms with Gasteiger partial charge in [-0.2, -0.15) is 5.26 Å². The van der Waals surface area contributed by atoms with Gasteiger partial charge < -0.3 is 14.7 Å². The smallest absolute Gasteiger partial charge is 0.346 e. The van der Waals surface area contributed by atoms with Crippen LogP contribution in [0.5, 0.6) is 5.75 Å². The molecule has 2 aromatic carbocycles. The highest BCUT2D eigenvalue weighted by Gasteiger charge is 2.42. The first-order valence-electron chi connectivity index (χ1n) is 18.1. The number of hydrogen-bond acceptors (Lipinski definition) is 6. The lowest BCUT2D eigenvalue weighted by Crippen LogP contribution is -2.26. The Hall–Kier alpha value is -3.86. The third-order valence-electron chi connectivity index (χ3n) is 10.2. The fraction of sp³-hybridized carbons (Fsp3) is 0.429. The number of rotatable bonds is 16. The zero-order valence-electron chi connectivity index (χ0n) is 29.1. The molecule has 2 unspecified atom stereocenters. The van der Waals surface area contributed by atoms with Gasteiger partial charge in [-0.1, -0.05) is 64.9 Å². The van der Waals surface area contributed by atoms with Crippen LogP contribution in [0, 0.1) is 11.3 Å². The van der Waals surface area contributed by atoms with Crippen LogP contribution >= 0.6 is 22.7 Å². The number of carboxylic acid groups (broad SMARTS) is 1. The third kappa shape index (κ3) is 7.66. The molecule has 6 rings (SSSR count). The molecule has 1 fully saturated rings. The monoisotopic (exact) mass is 692 g/mol. The minimum Gasteiger partial charge on any atom is -0.497 e. The van der Waals surface area contributed by atoms with E-state index in [2.05, 4.69) is 73.3 Å². The lowest BCUT2D eigenvalue weighted by atomic mass is 9.95. The van der Waals surface area contributed by atoms with Crippen molar-refractivity contribution in [3.63, 3.8) is 0 Å². The summed E-state index contributed by atoms with van der Waals surface area (Å²) < 4.78 is 5.44. The van der Waals surface area contributed by atoms with Crippen molar-refractivity contribution < 1.29 is 14.6 Å². The van der Waals surface area contributed by atoms with Gasteiger partial charge in [0, 0.05) is 42.8 Å². The number of nitriles is 1. The fourth-order valence-electron chi connectivity index (χ4n) is 7.68. The van der Waals surface area contributed by atoms with Crippen molar-refractivity contribution in [2.24, 2.45) is 0 Å². The molecule has 1 aliphatic carbocycles. The number of unbranched alkanes of at least 4 members (excludes halogenated alkanes) is 6. The first kappa shape index (κ1) is 35.0. The average molecular weight is 693 g/mol. The second-order valence-electron chi connectivity index (χ2n) is 13.5. The summed E-state index contributed by atoms with van der Waals surface area (Å²) in [6.45, 7) is 4.46. The highest BCUT2D eigenvalue weighted by molar-refractivity contribution is 7.24. The van der Waals surface area contributed by atoms with Crippen molar-refractivity contribution in [3.05, 3.63) is 81.7 Å². The molecule has 1 aliphatic heterocycles. The van der Waals surface area contributed by atoms with Crippen LogP contribution in [0.4, 0.5) is 11.4 Å². The lowest BCUT2D eigenvalue weighted by molar-refractivity contribution is -0.132. The molecule has 1 N–H and O–H groups in total. The molecule has 2 atom stereocenters. The molecule has 0 spiro atoms. The van der Waals surface area contributed by atoms with Crippen molar-refractivity contribution in [2.75, 3.05) is 12.0 Å². The molecule has 0 radical (unpaired) electrons. The van der Waals surface area contributed by atoms with E-state index < -0.39 is 5.97 Å². The number of benzene rings is 2. The van der Waals surface area contributed by atoms with Gasteiger partial charge in [0.05, 0.1) is 7.11 Å². The van der Waals surface area contributed by atoms with Gasteiger partial charge in [-0.15, -0.1) is 22.7 Å². The van der Waals surface area contributed by atoms with Crippen LogP contribution in [0.2, 0.25) is 0 Å². The van der Waals surface area contributed by atoms with Gasteiger partial charge in [-0.3, -0.25) is 0 Å². The maximum absolute atomic E-state index is 11.8. The average Bonchev–Trinajstić information content (AvgIpc) is 3.91. The number of nitrogens with zero attached hydrogens (tertiary/aromatic N) is 2. The van der Waals surface area contributed by atoms with E-state index in [1.807, 2.05) is 17.4 Å². The predicted octanol–water partition coefficient (Wildman–Crippen LogP) is 12.2. The van der Waals surface area contributed by atoms with Crippen LogP contribution in [0.1, 0.15) is 112 Å². The van der Waals surface area contributed by atoms with E-state index in [0.717, 1.165) is 48.3 Å². The molecule has 49 heavy (non-hydrogen) atoms. The summed E-state index contributed by atoms with van der Waals surface area (Å²) in [4.78, 5) is 19.0. The van der Waals surface area contributed by atoms with Crippen LogP contribution in [0.15, 0.2) is 60.2 Å². The Morgan fingerprint density at radius 2 is 1.63 bits per heavy atom. The van der Waals surface area contributed by atoms with Crippen molar-refractivity contribution in [2.45, 2.75) is 109 Å². The molecule has 4 aromatic rings. The number of carboxylic acids is 1. The minimum atomic E-state index is -1.17. The van der Waals surface area contributed by atoms with Crippen molar-refractivity contribution in [3.8, 4) is 32.0 Å². The number of thiophene rings is 2. The summed E-state index contributed by atoms with van der Waals surface area (Å²) in [5, 5.41) is 19.2. The quantitative estimate of drug-likeness (QED) is 0.0719. The number of aryl methyl sites for hydroxylation is 2. The molecule has 0 amide bonds. The molecule has 2 aliphatic rings. The standard InChI is InChI=1S/C42H48N2O3S2/c1-4-6-8-10-13-28-24-40(48-38(28)26-31(27-43)42(45)46)41-30(14-11-9-7-5-2)25-39(49-41)29-17-22-37-35(23-29)34-15-12-16-36(34)44(37)32-18-20-33(47-3)21-19-32/h17-26,34,36H,4-16H2,1-3H3,(H,45,46)/b31-26+. The van der Waals surface area contributed by atoms with E-state index in [0.29, 0.717) is 12.0 Å². The maximum atomic E-state index is 11.8. The first-order chi connectivity index (χ1) is 23.9. The second kappa shape index (κ2) is 16.2. The Bertz CT molecular complexity index is 1830. The SMILES string of the molecule is CCCCCCc1cc(-c2sc(-c3ccc4c(c3)C3CCCC3N4c3ccc(OC)cc3)cc2CCCCCC)sc1/C=C(\C#N)C(=O)O. The second-order valence-corrected chi connectivity index (χ2v) is 15.6. The number of hydrogen-bond donors (Lipinski definition) is 1. The minimum absolute atomic E-state index is 0.207. The molecule has 1 saturated carbocycles. The molecule has 0 saturated heterocycles. The van der Waals surface area contributed by atoms with Crippen molar-refractivity contribution in [1.82, 2.24) is 0 Å². The highest BCUT2D eigenvalue weighted by Crippen LogP contribution is 2.54. The van der Waals surface area contributed by atoms with Gasteiger partial charge in [0.1, 0.15) is 17.4 Å². The van der Waals surface area contributed by atoms with Gasteiger partial charge in [0.15, 0.2) is 0 Å². The van der Waals surface area contributed by atoms with Gasteiger partial charge in [-0.05, 0) is 115 Å². The van der Waals surface area contributed by atoms with Gasteiger partial charge in [0.2, 0.25) is 0 Å². The first-order valence-corrected chi connectivity index (χ1v) is 19.8. The number of anilines is 2. The number of aliphatic carboxylic acids is 1. The topological polar surface area (TPSA) is 73.6 Å². The van der Waals surface area contributed by atoms with Crippen LogP contribution in [0.25, 0.3) is 26.3 Å². The summed E-state index contributed by atoms with van der Waals surface area (Å²) in [5.41, 5.74) is 7.62. The lowest BCUT2D eigenvalue weighted by Gasteiger charge is -2.27. The Morgan fingerprint density at radius 3 is 2.31 bits per heavy atom. The molecule has 0 bridgehead atoms. The number of fused-ring (bicyclic) bond motifs is 3. The largest absolute Gasteiger partial charge is 0.497 e. The van der Waals surface area contributed by atoms with E-state index in [-0.39, 0.29) is 5.57 Å². The summed E-state index contributed by atoms with van der Waals surface area (Å²) in [7, 11) is 1.72. The van der Waals surface area contributed by atoms with Crippen LogP contribution in [-0.4, -0.2) is 24.2 Å². The maximum Gasteiger partial charge on any atom is 0.346 e. The molecule has 7 heteroatoms. The number of methoxy groups -OCH3 is 1. The van der Waals surface area contributed by atoms with Gasteiger partial charge >= 0.3 is 5.97 Å². The molecular weight excluding hydrogens is 645 g/mol. The fourth-order valence-corrected chi connectivity index (χ4v) is 10.2. The van der Waals surface area contributed by atoms with Gasteiger partial charge in [0.25, 0.3) is 0 Å². The summed E-state index contributed by atoms with van der Waals surface area (Å²) >= 11 is 3.51. The normalized spacial score (nSPS) is 16.9. The van der Waals surface area contributed by atoms with E-state index in [9.17, 15) is 15.2 Å². The Labute approximate surface area is 299 Å². The van der Waals surface area contributed by atoms with E-state index in [4.69, 9.17) is 4.74 Å².